The van der Waals surface area contributed by atoms with Gasteiger partial charge < -0.3 is 9.47 Å². The Bertz CT molecular complexity index is 542. The molecule has 0 aliphatic heterocycles. The van der Waals surface area contributed by atoms with Crippen LogP contribution in [-0.4, -0.2) is 26.3 Å². The Labute approximate surface area is 130 Å². The molecular weight excluding hydrogens is 283 g/mol. The summed E-state index contributed by atoms with van der Waals surface area (Å²) in [6.45, 7) is 2.21. The molecule has 0 amide bonds. The van der Waals surface area contributed by atoms with E-state index in [2.05, 4.69) is 6.92 Å². The number of benzene rings is 1. The van der Waals surface area contributed by atoms with Crippen molar-refractivity contribution >= 4 is 5.97 Å². The first-order chi connectivity index (χ1) is 10.6. The summed E-state index contributed by atoms with van der Waals surface area (Å²) in [5, 5.41) is 0. The third-order valence-electron chi connectivity index (χ3n) is 5.79. The van der Waals surface area contributed by atoms with E-state index in [4.69, 9.17) is 9.47 Å². The highest BCUT2D eigenvalue weighted by Crippen LogP contribution is 2.56. The number of halogens is 1. The van der Waals surface area contributed by atoms with E-state index in [1.807, 2.05) is 0 Å². The van der Waals surface area contributed by atoms with E-state index in [9.17, 15) is 9.18 Å². The third-order valence-corrected chi connectivity index (χ3v) is 5.79. The molecule has 0 spiro atoms. The molecule has 0 saturated heterocycles. The molecule has 2 aliphatic carbocycles. The maximum atomic E-state index is 13.2. The molecule has 4 heteroatoms. The molecule has 2 aliphatic rings. The minimum Gasteiger partial charge on any atom is -0.469 e. The van der Waals surface area contributed by atoms with Crippen molar-refractivity contribution in [1.82, 2.24) is 0 Å². The smallest absolute Gasteiger partial charge is 0.309 e. The van der Waals surface area contributed by atoms with Gasteiger partial charge in [0.05, 0.1) is 19.1 Å². The molecular formula is C18H23FO3. The Morgan fingerprint density at radius 2 is 1.86 bits per heavy atom. The number of carbonyl (C=O) groups excluding carboxylic acids is 1. The van der Waals surface area contributed by atoms with Gasteiger partial charge in [0.15, 0.2) is 0 Å². The van der Waals surface area contributed by atoms with Gasteiger partial charge in [-0.25, -0.2) is 4.39 Å². The first kappa shape index (κ1) is 15.5. The first-order valence-corrected chi connectivity index (χ1v) is 7.93. The van der Waals surface area contributed by atoms with E-state index in [0.29, 0.717) is 11.8 Å². The first-order valence-electron chi connectivity index (χ1n) is 7.93. The maximum Gasteiger partial charge on any atom is 0.309 e. The molecule has 120 valence electrons. The Balaban J connectivity index is 1.98. The van der Waals surface area contributed by atoms with Crippen molar-refractivity contribution in [1.29, 1.82) is 0 Å². The molecule has 2 saturated carbocycles. The third kappa shape index (κ3) is 2.43. The van der Waals surface area contributed by atoms with E-state index < -0.39 is 0 Å². The summed E-state index contributed by atoms with van der Waals surface area (Å²) >= 11 is 0. The molecule has 3 rings (SSSR count). The van der Waals surface area contributed by atoms with Gasteiger partial charge in [0.1, 0.15) is 5.82 Å². The minimum absolute atomic E-state index is 0.0828. The highest BCUT2D eigenvalue weighted by Gasteiger charge is 2.55. The summed E-state index contributed by atoms with van der Waals surface area (Å²) < 4.78 is 24.0. The molecule has 3 nitrogen and oxygen atoms in total. The topological polar surface area (TPSA) is 35.5 Å². The highest BCUT2D eigenvalue weighted by molar-refractivity contribution is 5.74. The van der Waals surface area contributed by atoms with Crippen LogP contribution in [0.1, 0.15) is 31.2 Å². The molecule has 0 aromatic heterocycles. The quantitative estimate of drug-likeness (QED) is 0.803. The molecule has 0 N–H and O–H groups in total. The van der Waals surface area contributed by atoms with E-state index in [1.165, 1.54) is 19.2 Å². The summed E-state index contributed by atoms with van der Waals surface area (Å²) in [7, 11) is 3.16. The van der Waals surface area contributed by atoms with Crippen LogP contribution in [0.4, 0.5) is 4.39 Å². The molecule has 1 unspecified atom stereocenters. The van der Waals surface area contributed by atoms with Crippen LogP contribution in [0.15, 0.2) is 24.3 Å². The van der Waals surface area contributed by atoms with E-state index in [0.717, 1.165) is 18.4 Å². The van der Waals surface area contributed by atoms with Crippen LogP contribution < -0.4 is 0 Å². The summed E-state index contributed by atoms with van der Waals surface area (Å²) in [5.74, 6) is 0.616. The zero-order valence-corrected chi connectivity index (χ0v) is 13.3. The number of fused-ring (bicyclic) bond motifs is 2. The lowest BCUT2D eigenvalue weighted by Gasteiger charge is -2.40. The molecule has 0 heterocycles. The van der Waals surface area contributed by atoms with Gasteiger partial charge in [-0.3, -0.25) is 4.79 Å². The minimum atomic E-state index is -0.250. The van der Waals surface area contributed by atoms with Crippen LogP contribution >= 0.6 is 0 Å². The molecule has 6 atom stereocenters. The SMILES string of the molecule is COC(=O)[C@@H]1[C@@H]2C(C)[C@H](C[C@@H]1c1ccc(F)cc1)C[C@H]2OC. The van der Waals surface area contributed by atoms with Gasteiger partial charge in [0.25, 0.3) is 0 Å². The van der Waals surface area contributed by atoms with Crippen molar-refractivity contribution in [3.8, 4) is 0 Å². The number of carbonyl (C=O) groups is 1. The van der Waals surface area contributed by atoms with Gasteiger partial charge in [-0.2, -0.15) is 0 Å². The molecule has 2 fully saturated rings. The average molecular weight is 306 g/mol. The van der Waals surface area contributed by atoms with Crippen LogP contribution in [0.5, 0.6) is 0 Å². The van der Waals surface area contributed by atoms with Crippen molar-refractivity contribution in [2.45, 2.75) is 31.8 Å². The van der Waals surface area contributed by atoms with Gasteiger partial charge in [0, 0.05) is 13.0 Å². The largest absolute Gasteiger partial charge is 0.469 e. The molecule has 2 bridgehead atoms. The predicted octanol–water partition coefficient (Wildman–Crippen LogP) is 3.39. The fraction of sp³-hybridized carbons (Fsp3) is 0.611. The Kier molecular flexibility index (Phi) is 4.22. The zero-order chi connectivity index (χ0) is 15.9. The van der Waals surface area contributed by atoms with Crippen molar-refractivity contribution < 1.29 is 18.7 Å². The monoisotopic (exact) mass is 306 g/mol. The van der Waals surface area contributed by atoms with Crippen LogP contribution in [0.25, 0.3) is 0 Å². The van der Waals surface area contributed by atoms with Crippen molar-refractivity contribution in [2.75, 3.05) is 14.2 Å². The molecule has 22 heavy (non-hydrogen) atoms. The van der Waals surface area contributed by atoms with E-state index >= 15 is 0 Å². The number of esters is 1. The summed E-state index contributed by atoms with van der Waals surface area (Å²) in [5.41, 5.74) is 1.02. The van der Waals surface area contributed by atoms with Gasteiger partial charge in [-0.1, -0.05) is 19.1 Å². The Morgan fingerprint density at radius 3 is 2.45 bits per heavy atom. The Hall–Kier alpha value is -1.42. The average Bonchev–Trinajstić information content (AvgIpc) is 2.73. The predicted molar refractivity (Wildman–Crippen MR) is 80.8 cm³/mol. The summed E-state index contributed by atoms with van der Waals surface area (Å²) in [6.07, 6.45) is 2.03. The standard InChI is InChI=1S/C18H23FO3/c1-10-12-8-14(11-4-6-13(19)7-5-11)17(18(20)22-3)16(10)15(9-12)21-2/h4-7,10,12,14-17H,8-9H2,1-3H3/t10?,12-,14-,15-,16-,17+/m1/s1. The van der Waals surface area contributed by atoms with Crippen molar-refractivity contribution in [3.05, 3.63) is 35.6 Å². The van der Waals surface area contributed by atoms with Gasteiger partial charge in [-0.15, -0.1) is 0 Å². The van der Waals surface area contributed by atoms with Gasteiger partial charge >= 0.3 is 5.97 Å². The second-order valence-electron chi connectivity index (χ2n) is 6.65. The fourth-order valence-corrected chi connectivity index (χ4v) is 4.70. The number of rotatable bonds is 3. The highest BCUT2D eigenvalue weighted by atomic mass is 19.1. The van der Waals surface area contributed by atoms with Crippen LogP contribution in [0, 0.1) is 29.5 Å². The zero-order valence-electron chi connectivity index (χ0n) is 13.3. The van der Waals surface area contributed by atoms with Gasteiger partial charge in [0.2, 0.25) is 0 Å². The molecule has 0 radical (unpaired) electrons. The normalized spacial score (nSPS) is 37.1. The summed E-state index contributed by atoms with van der Waals surface area (Å²) in [4.78, 5) is 12.5. The summed E-state index contributed by atoms with van der Waals surface area (Å²) in [6, 6.07) is 6.54. The number of methoxy groups -OCH3 is 2. The van der Waals surface area contributed by atoms with Crippen molar-refractivity contribution in [2.24, 2.45) is 23.7 Å². The van der Waals surface area contributed by atoms with E-state index in [-0.39, 0.29) is 35.6 Å². The molecule has 1 aromatic carbocycles. The fourth-order valence-electron chi connectivity index (χ4n) is 4.70. The van der Waals surface area contributed by atoms with Gasteiger partial charge in [-0.05, 0) is 48.3 Å². The molecule has 1 aromatic rings. The van der Waals surface area contributed by atoms with Crippen molar-refractivity contribution in [3.63, 3.8) is 0 Å². The lowest BCUT2D eigenvalue weighted by Crippen LogP contribution is -2.41. The lowest BCUT2D eigenvalue weighted by molar-refractivity contribution is -0.152. The Morgan fingerprint density at radius 1 is 1.18 bits per heavy atom. The number of ether oxygens (including phenoxy) is 2. The van der Waals surface area contributed by atoms with Crippen LogP contribution in [-0.2, 0) is 14.3 Å². The van der Waals surface area contributed by atoms with Crippen LogP contribution in [0.2, 0.25) is 0 Å². The maximum absolute atomic E-state index is 13.2. The lowest BCUT2D eigenvalue weighted by atomic mass is 9.64. The number of hydrogen-bond donors (Lipinski definition) is 0. The second-order valence-corrected chi connectivity index (χ2v) is 6.65. The van der Waals surface area contributed by atoms with E-state index in [1.54, 1.807) is 19.2 Å². The number of hydrogen-bond acceptors (Lipinski definition) is 3. The second kappa shape index (κ2) is 5.99. The van der Waals surface area contributed by atoms with Crippen LogP contribution in [0.3, 0.4) is 0 Å².